The van der Waals surface area contributed by atoms with E-state index in [9.17, 15) is 19.2 Å². The van der Waals surface area contributed by atoms with Crippen LogP contribution in [0.15, 0.2) is 48.6 Å². The molecule has 2 bridgehead atoms. The van der Waals surface area contributed by atoms with E-state index in [2.05, 4.69) is 27.4 Å². The summed E-state index contributed by atoms with van der Waals surface area (Å²) in [7, 11) is 0. The monoisotopic (exact) mass is 548 g/mol. The van der Waals surface area contributed by atoms with Crippen molar-refractivity contribution < 1.29 is 33.4 Å². The maximum atomic E-state index is 13.6. The van der Waals surface area contributed by atoms with Gasteiger partial charge in [-0.25, -0.2) is 4.79 Å². The van der Waals surface area contributed by atoms with Crippen molar-refractivity contribution >= 4 is 29.8 Å². The summed E-state index contributed by atoms with van der Waals surface area (Å²) in [4.78, 5) is 51.8. The third kappa shape index (κ3) is 3.55. The van der Waals surface area contributed by atoms with Crippen LogP contribution in [0.25, 0.3) is 6.08 Å². The van der Waals surface area contributed by atoms with Crippen molar-refractivity contribution in [3.8, 4) is 0 Å². The first-order valence-corrected chi connectivity index (χ1v) is 14.2. The third-order valence-corrected chi connectivity index (χ3v) is 11.2. The molecule has 5 rings (SSSR count). The fourth-order valence-corrected chi connectivity index (χ4v) is 9.73. The molecule has 0 heterocycles. The molecule has 40 heavy (non-hydrogen) atoms. The number of carbonyl (C=O) groups excluding carboxylic acids is 4. The van der Waals surface area contributed by atoms with E-state index in [1.54, 1.807) is 6.08 Å². The molecule has 0 saturated heterocycles. The Balaban J connectivity index is 1.63. The highest BCUT2D eigenvalue weighted by Crippen LogP contribution is 2.86. The number of ether oxygens (including phenoxy) is 3. The first kappa shape index (κ1) is 28.3. The largest absolute Gasteiger partial charge is 0.458 e. The Kier molecular flexibility index (Phi) is 6.67. The maximum absolute atomic E-state index is 13.6. The number of esters is 3. The van der Waals surface area contributed by atoms with Gasteiger partial charge < -0.3 is 14.2 Å². The Morgan fingerprint density at radius 2 is 1.60 bits per heavy atom. The standard InChI is InChI=1S/C33H40O7/c1-19-25(36)17-24-18-32-20(2)26(40-27(37)14-13-23-11-9-8-10-12-23)15-16-31(32,7)28(38-21(3)34)29(39-22(4)35)33(19,32)30(24,5)6/h8-14,19,24,26,28-29H,2,15-18H2,1,3-7H3. The van der Waals surface area contributed by atoms with Gasteiger partial charge in [-0.2, -0.15) is 0 Å². The van der Waals surface area contributed by atoms with Gasteiger partial charge in [-0.15, -0.1) is 0 Å². The van der Waals surface area contributed by atoms with E-state index in [-0.39, 0.29) is 11.7 Å². The fourth-order valence-electron chi connectivity index (χ4n) is 9.73. The van der Waals surface area contributed by atoms with Gasteiger partial charge in [0.05, 0.1) is 0 Å². The lowest BCUT2D eigenvalue weighted by molar-refractivity contribution is -0.194. The molecule has 7 nitrogen and oxygen atoms in total. The second-order valence-electron chi connectivity index (χ2n) is 13.0. The summed E-state index contributed by atoms with van der Waals surface area (Å²) in [6, 6.07) is 9.51. The lowest BCUT2D eigenvalue weighted by Crippen LogP contribution is -2.62. The molecule has 1 aromatic carbocycles. The zero-order valence-electron chi connectivity index (χ0n) is 24.3. The fraction of sp³-hybridized carbons (Fsp3) is 0.576. The van der Waals surface area contributed by atoms with Gasteiger partial charge in [-0.05, 0) is 47.8 Å². The Labute approximate surface area is 236 Å². The second-order valence-corrected chi connectivity index (χ2v) is 13.0. The molecule has 4 aliphatic rings. The lowest BCUT2D eigenvalue weighted by Gasteiger charge is -2.60. The Hall–Kier alpha value is -3.22. The molecule has 7 heteroatoms. The molecule has 4 fully saturated rings. The zero-order valence-corrected chi connectivity index (χ0v) is 24.3. The van der Waals surface area contributed by atoms with Gasteiger partial charge in [0.15, 0.2) is 0 Å². The minimum Gasteiger partial charge on any atom is -0.458 e. The van der Waals surface area contributed by atoms with Crippen molar-refractivity contribution in [2.24, 2.45) is 33.5 Å². The molecule has 8 unspecified atom stereocenters. The molecule has 4 saturated carbocycles. The van der Waals surface area contributed by atoms with Gasteiger partial charge >= 0.3 is 17.9 Å². The van der Waals surface area contributed by atoms with E-state index >= 15 is 0 Å². The second kappa shape index (κ2) is 9.42. The van der Waals surface area contributed by atoms with Crippen molar-refractivity contribution in [1.29, 1.82) is 0 Å². The molecule has 0 radical (unpaired) electrons. The predicted octanol–water partition coefficient (Wildman–Crippen LogP) is 5.47. The van der Waals surface area contributed by atoms with Crippen LogP contribution < -0.4 is 0 Å². The number of Topliss-reactive ketones (excluding diaryl/α,β-unsaturated/α-hetero) is 1. The molecule has 214 valence electrons. The summed E-state index contributed by atoms with van der Waals surface area (Å²) in [5.41, 5.74) is -1.21. The topological polar surface area (TPSA) is 96.0 Å². The Morgan fingerprint density at radius 3 is 2.23 bits per heavy atom. The Morgan fingerprint density at radius 1 is 0.975 bits per heavy atom. The number of benzene rings is 1. The quantitative estimate of drug-likeness (QED) is 0.208. The van der Waals surface area contributed by atoms with Crippen LogP contribution in [-0.2, 0) is 33.4 Å². The minimum absolute atomic E-state index is 0.0102. The summed E-state index contributed by atoms with van der Waals surface area (Å²) in [5, 5.41) is 0. The van der Waals surface area contributed by atoms with E-state index in [0.29, 0.717) is 25.7 Å². The normalized spacial score (nSPS) is 39.4. The average molecular weight is 549 g/mol. The zero-order chi connectivity index (χ0) is 29.3. The van der Waals surface area contributed by atoms with Gasteiger partial charge in [-0.1, -0.05) is 64.6 Å². The third-order valence-electron chi connectivity index (χ3n) is 11.2. The minimum atomic E-state index is -0.900. The highest BCUT2D eigenvalue weighted by Gasteiger charge is 2.88. The number of hydrogen-bond acceptors (Lipinski definition) is 7. The molecule has 0 N–H and O–H groups in total. The van der Waals surface area contributed by atoms with Crippen molar-refractivity contribution in [1.82, 2.24) is 0 Å². The van der Waals surface area contributed by atoms with E-state index in [0.717, 1.165) is 11.1 Å². The van der Waals surface area contributed by atoms with Gasteiger partial charge in [-0.3, -0.25) is 14.4 Å². The summed E-state index contributed by atoms with van der Waals surface area (Å²) in [6.07, 6.45) is 3.01. The SMILES string of the molecule is C=C1C(OC(=O)C=Cc2ccccc2)CCC2(C)C(OC(C)=O)C(OC(C)=O)C34C(C)C(=O)CC(CC123)C4(C)C. The number of carbonyl (C=O) groups is 4. The molecule has 0 amide bonds. The highest BCUT2D eigenvalue weighted by atomic mass is 16.6. The van der Waals surface area contributed by atoms with Crippen molar-refractivity contribution in [2.45, 2.75) is 85.5 Å². The van der Waals surface area contributed by atoms with Gasteiger partial charge in [0.2, 0.25) is 0 Å². The van der Waals surface area contributed by atoms with Crippen LogP contribution in [0.5, 0.6) is 0 Å². The summed E-state index contributed by atoms with van der Waals surface area (Å²) in [6.45, 7) is 15.6. The molecular formula is C33H40O7. The molecule has 0 aliphatic heterocycles. The van der Waals surface area contributed by atoms with Crippen molar-refractivity contribution in [2.75, 3.05) is 0 Å². The number of ketones is 1. The molecule has 8 atom stereocenters. The summed E-state index contributed by atoms with van der Waals surface area (Å²) in [5.74, 6) is -1.80. The van der Waals surface area contributed by atoms with Gasteiger partial charge in [0, 0.05) is 48.5 Å². The van der Waals surface area contributed by atoms with Crippen molar-refractivity contribution in [3.05, 3.63) is 54.1 Å². The molecule has 2 spiro atoms. The van der Waals surface area contributed by atoms with Crippen LogP contribution in [0.2, 0.25) is 0 Å². The van der Waals surface area contributed by atoms with E-state index < -0.39 is 63.8 Å². The summed E-state index contributed by atoms with van der Waals surface area (Å²) >= 11 is 0. The summed E-state index contributed by atoms with van der Waals surface area (Å²) < 4.78 is 18.3. The number of rotatable bonds is 5. The first-order chi connectivity index (χ1) is 18.7. The molecular weight excluding hydrogens is 508 g/mol. The van der Waals surface area contributed by atoms with Gasteiger partial charge in [0.25, 0.3) is 0 Å². The van der Waals surface area contributed by atoms with E-state index in [1.165, 1.54) is 19.9 Å². The lowest BCUT2D eigenvalue weighted by atomic mass is 9.42. The average Bonchev–Trinajstić information content (AvgIpc) is 3.14. The van der Waals surface area contributed by atoms with Crippen LogP contribution in [0.4, 0.5) is 0 Å². The van der Waals surface area contributed by atoms with Gasteiger partial charge in [0.1, 0.15) is 24.1 Å². The number of hydrogen-bond donors (Lipinski definition) is 0. The van der Waals surface area contributed by atoms with Crippen LogP contribution in [0.1, 0.15) is 72.8 Å². The molecule has 1 aromatic rings. The van der Waals surface area contributed by atoms with Crippen LogP contribution >= 0.6 is 0 Å². The number of fused-ring (bicyclic) bond motifs is 1. The van der Waals surface area contributed by atoms with E-state index in [4.69, 9.17) is 14.2 Å². The molecule has 4 aliphatic carbocycles. The van der Waals surface area contributed by atoms with E-state index in [1.807, 2.05) is 37.3 Å². The Bertz CT molecular complexity index is 1290. The van der Waals surface area contributed by atoms with Crippen LogP contribution in [-0.4, -0.2) is 42.0 Å². The maximum Gasteiger partial charge on any atom is 0.331 e. The van der Waals surface area contributed by atoms with Crippen molar-refractivity contribution in [3.63, 3.8) is 0 Å². The smallest absolute Gasteiger partial charge is 0.331 e. The van der Waals surface area contributed by atoms with Crippen LogP contribution in [0.3, 0.4) is 0 Å². The highest BCUT2D eigenvalue weighted by molar-refractivity contribution is 5.87. The van der Waals surface area contributed by atoms with Crippen LogP contribution in [0, 0.1) is 33.5 Å². The predicted molar refractivity (Wildman–Crippen MR) is 148 cm³/mol. The molecule has 0 aromatic heterocycles. The first-order valence-electron chi connectivity index (χ1n) is 14.2.